The minimum Gasteiger partial charge on any atom is -0.454 e. The molecule has 9 rings (SSSR count). The van der Waals surface area contributed by atoms with Crippen molar-refractivity contribution in [2.45, 2.75) is 107 Å². The Bertz CT molecular complexity index is 2800. The number of hydrogen-bond donors (Lipinski definition) is 4. The molecule has 14 nitrogen and oxygen atoms in total. The predicted octanol–water partition coefficient (Wildman–Crippen LogP) is 9.88. The van der Waals surface area contributed by atoms with Crippen LogP contribution in [0.3, 0.4) is 0 Å². The summed E-state index contributed by atoms with van der Waals surface area (Å²) in [6.07, 6.45) is 11.0. The largest absolute Gasteiger partial charge is 0.454 e. The van der Waals surface area contributed by atoms with Crippen LogP contribution in [0.1, 0.15) is 118 Å². The van der Waals surface area contributed by atoms with Gasteiger partial charge in [-0.1, -0.05) is 51.1 Å². The molecule has 2 aliphatic carbocycles. The van der Waals surface area contributed by atoms with Gasteiger partial charge in [-0.2, -0.15) is 0 Å². The molecule has 5 aromatic rings. The maximum absolute atomic E-state index is 14.8. The van der Waals surface area contributed by atoms with Crippen LogP contribution in [-0.2, 0) is 10.0 Å². The minimum atomic E-state index is -4.65. The first-order chi connectivity index (χ1) is 32.0. The maximum Gasteiger partial charge on any atom is 0.293 e. The van der Waals surface area contributed by atoms with Gasteiger partial charge in [0.15, 0.2) is 5.75 Å². The number of aromatic amines is 1. The van der Waals surface area contributed by atoms with Gasteiger partial charge >= 0.3 is 0 Å². The zero-order chi connectivity index (χ0) is 47.3. The molecule has 0 unspecified atom stereocenters. The second kappa shape index (κ2) is 18.3. The molecule has 1 amide bonds. The molecule has 16 heteroatoms. The number of aliphatic hydroxyl groups is 1. The molecule has 1 spiro atoms. The number of pyridine rings is 1. The summed E-state index contributed by atoms with van der Waals surface area (Å²) in [4.78, 5) is 37.3. The van der Waals surface area contributed by atoms with Gasteiger partial charge in [0, 0.05) is 62.8 Å². The smallest absolute Gasteiger partial charge is 0.293 e. The molecule has 2 aromatic heterocycles. The summed E-state index contributed by atoms with van der Waals surface area (Å²) >= 11 is 0. The van der Waals surface area contributed by atoms with Crippen molar-refractivity contribution >= 4 is 50.1 Å². The number of aromatic nitrogens is 2. The third-order valence-electron chi connectivity index (χ3n) is 14.9. The van der Waals surface area contributed by atoms with Crippen molar-refractivity contribution in [2.75, 3.05) is 42.9 Å². The molecule has 0 bridgehead atoms. The topological polar surface area (TPSA) is 183 Å². The molecule has 0 radical (unpaired) electrons. The summed E-state index contributed by atoms with van der Waals surface area (Å²) in [6, 6.07) is 19.3. The second-order valence-electron chi connectivity index (χ2n) is 19.9. The normalized spacial score (nSPS) is 23.0. The highest BCUT2D eigenvalue weighted by molar-refractivity contribution is 7.90. The first kappa shape index (κ1) is 46.3. The number of amides is 1. The lowest BCUT2D eigenvalue weighted by Crippen LogP contribution is -2.63. The van der Waals surface area contributed by atoms with Crippen LogP contribution in [-0.4, -0.2) is 83.6 Å². The van der Waals surface area contributed by atoms with E-state index < -0.39 is 42.9 Å². The molecular formula is C51H60FN7O7S. The molecule has 4 fully saturated rings. The van der Waals surface area contributed by atoms with Gasteiger partial charge < -0.3 is 25.0 Å². The molecule has 4 heterocycles. The molecule has 2 saturated heterocycles. The summed E-state index contributed by atoms with van der Waals surface area (Å²) in [6.45, 7) is 14.3. The van der Waals surface area contributed by atoms with E-state index in [0.717, 1.165) is 63.6 Å². The zero-order valence-corrected chi connectivity index (χ0v) is 39.2. The lowest BCUT2D eigenvalue weighted by atomic mass is 9.70. The van der Waals surface area contributed by atoms with Crippen LogP contribution < -0.4 is 19.7 Å². The van der Waals surface area contributed by atoms with E-state index in [-0.39, 0.29) is 50.8 Å². The number of halogens is 1. The number of hydrogen-bond acceptors (Lipinski definition) is 11. The van der Waals surface area contributed by atoms with Crippen molar-refractivity contribution in [1.82, 2.24) is 19.6 Å². The van der Waals surface area contributed by atoms with Crippen LogP contribution in [0.5, 0.6) is 11.5 Å². The third kappa shape index (κ3) is 9.53. The SMILES string of the molecule is C=Cc1nc2[nH]cc(F)c2cc1Oc1cc(N2CCC3(CC2)CN([C@H]2CCC[C@H]2c2ccccc2C(C)C)C3)ccc1C(=O)NS(=O)(=O)c1ccc(NC[C@H]2CC[C@](C)(O)CC2)c([N+](=O)[O-])c1. The van der Waals surface area contributed by atoms with Crippen molar-refractivity contribution < 1.29 is 32.4 Å². The van der Waals surface area contributed by atoms with Crippen molar-refractivity contribution in [3.63, 3.8) is 0 Å². The number of nitrogens with zero attached hydrogens (tertiary/aromatic N) is 4. The van der Waals surface area contributed by atoms with Gasteiger partial charge in [-0.3, -0.25) is 19.8 Å². The lowest BCUT2D eigenvalue weighted by molar-refractivity contribution is -0.384. The number of nitro benzene ring substituents is 1. The van der Waals surface area contributed by atoms with Gasteiger partial charge in [0.2, 0.25) is 0 Å². The predicted molar refractivity (Wildman–Crippen MR) is 258 cm³/mol. The van der Waals surface area contributed by atoms with E-state index in [2.05, 4.69) is 74.5 Å². The molecule has 354 valence electrons. The van der Waals surface area contributed by atoms with Crippen molar-refractivity contribution in [1.29, 1.82) is 0 Å². The van der Waals surface area contributed by atoms with Gasteiger partial charge in [-0.25, -0.2) is 22.5 Å². The van der Waals surface area contributed by atoms with Gasteiger partial charge in [0.05, 0.1) is 26.4 Å². The number of nitro groups is 1. The highest BCUT2D eigenvalue weighted by Crippen LogP contribution is 2.49. The fourth-order valence-electron chi connectivity index (χ4n) is 11.0. The quantitative estimate of drug-likeness (QED) is 0.0614. The average molecular weight is 934 g/mol. The van der Waals surface area contributed by atoms with Crippen molar-refractivity contribution in [3.8, 4) is 11.5 Å². The van der Waals surface area contributed by atoms with Crippen LogP contribution >= 0.6 is 0 Å². The summed E-state index contributed by atoms with van der Waals surface area (Å²) in [5.74, 6) is -0.277. The Morgan fingerprint density at radius 1 is 1.04 bits per heavy atom. The number of H-pyrrole nitrogens is 1. The van der Waals surface area contributed by atoms with Gasteiger partial charge in [0.25, 0.3) is 21.6 Å². The number of ether oxygens (including phenoxy) is 1. The van der Waals surface area contributed by atoms with Gasteiger partial charge in [0.1, 0.15) is 28.6 Å². The monoisotopic (exact) mass is 933 g/mol. The fraction of sp³-hybridized carbons (Fsp3) is 0.451. The number of likely N-dealkylation sites (tertiary alicyclic amines) is 1. The Kier molecular flexibility index (Phi) is 12.7. The van der Waals surface area contributed by atoms with E-state index in [1.54, 1.807) is 19.1 Å². The van der Waals surface area contributed by atoms with Crippen LogP contribution in [0.25, 0.3) is 17.1 Å². The number of rotatable bonds is 14. The Balaban J connectivity index is 0.928. The van der Waals surface area contributed by atoms with Crippen LogP contribution in [0.4, 0.5) is 21.5 Å². The molecule has 3 aromatic carbocycles. The van der Waals surface area contributed by atoms with E-state index in [1.807, 2.05) is 0 Å². The molecule has 67 heavy (non-hydrogen) atoms. The van der Waals surface area contributed by atoms with E-state index >= 15 is 0 Å². The number of nitrogens with one attached hydrogen (secondary N) is 3. The average Bonchev–Trinajstić information content (AvgIpc) is 3.93. The van der Waals surface area contributed by atoms with Crippen LogP contribution in [0, 0.1) is 27.3 Å². The fourth-order valence-corrected chi connectivity index (χ4v) is 12.0. The lowest BCUT2D eigenvalue weighted by Gasteiger charge is -2.57. The first-order valence-electron chi connectivity index (χ1n) is 23.5. The summed E-state index contributed by atoms with van der Waals surface area (Å²) in [7, 11) is -4.65. The molecule has 2 saturated carbocycles. The van der Waals surface area contributed by atoms with E-state index in [4.69, 9.17) is 4.74 Å². The molecule has 2 atom stereocenters. The Morgan fingerprint density at radius 2 is 1.79 bits per heavy atom. The van der Waals surface area contributed by atoms with E-state index in [9.17, 15) is 32.8 Å². The molecule has 4 aliphatic rings. The molecule has 4 N–H and O–H groups in total. The zero-order valence-electron chi connectivity index (χ0n) is 38.4. The highest BCUT2D eigenvalue weighted by atomic mass is 32.2. The van der Waals surface area contributed by atoms with Crippen molar-refractivity contribution in [3.05, 3.63) is 118 Å². The number of carbonyl (C=O) groups is 1. The number of carbonyl (C=O) groups excluding carboxylic acids is 1. The van der Waals surface area contributed by atoms with E-state index in [1.165, 1.54) is 66.9 Å². The summed E-state index contributed by atoms with van der Waals surface area (Å²) < 4.78 is 51.0. The number of fused-ring (bicyclic) bond motifs is 1. The maximum atomic E-state index is 14.8. The number of piperidine rings is 1. The minimum absolute atomic E-state index is 0.00390. The molecular weight excluding hydrogens is 874 g/mol. The number of sulfonamides is 1. The highest BCUT2D eigenvalue weighted by Gasteiger charge is 2.49. The Hall–Kier alpha value is -5.84. The van der Waals surface area contributed by atoms with Gasteiger partial charge in [-0.15, -0.1) is 0 Å². The third-order valence-corrected chi connectivity index (χ3v) is 16.3. The number of anilines is 2. The Morgan fingerprint density at radius 3 is 2.51 bits per heavy atom. The summed E-state index contributed by atoms with van der Waals surface area (Å²) in [5.41, 5.74) is 3.31. The number of benzene rings is 3. The van der Waals surface area contributed by atoms with E-state index in [0.29, 0.717) is 37.3 Å². The van der Waals surface area contributed by atoms with Gasteiger partial charge in [-0.05, 0) is 129 Å². The first-order valence-corrected chi connectivity index (χ1v) is 25.0. The summed E-state index contributed by atoms with van der Waals surface area (Å²) in [5, 5.41) is 25.8. The standard InChI is InChI=1S/C51H60FN7O7S/c1-5-42-47(27-40-41(52)29-54-48(40)55-42)66-46-25-34(57-23-21-51(22-24-57)30-58(31-51)44-12-8-11-38(44)37-10-7-6-9-36(37)32(2)3)13-15-39(46)49(60)56-67(64,65)35-14-16-43(45(26-35)59(62)63)53-28-33-17-19-50(4,61)20-18-33/h5-7,9-10,13-16,25-27,29,32-33,38,44,53,61H,1,8,11-12,17-24,28,30-31H2,2-4H3,(H,54,55)(H,56,60)/t33-,38-,44-,50-/m0/s1. The second-order valence-corrected chi connectivity index (χ2v) is 21.5. The molecule has 2 aliphatic heterocycles. The van der Waals surface area contributed by atoms with Crippen molar-refractivity contribution in [2.24, 2.45) is 11.3 Å². The Labute approximate surface area is 391 Å². The van der Waals surface area contributed by atoms with Crippen LogP contribution in [0.15, 0.2) is 84.4 Å². The van der Waals surface area contributed by atoms with Crippen LogP contribution in [0.2, 0.25) is 0 Å².